The molecule has 21 heavy (non-hydrogen) atoms. The van der Waals surface area contributed by atoms with E-state index in [0.717, 1.165) is 33.9 Å². The number of aromatic nitrogens is 5. The highest BCUT2D eigenvalue weighted by molar-refractivity contribution is 5.86. The highest BCUT2D eigenvalue weighted by Crippen LogP contribution is 2.24. The van der Waals surface area contributed by atoms with Gasteiger partial charge in [-0.1, -0.05) is 30.3 Å². The Balaban J connectivity index is 2.07. The fourth-order valence-corrected chi connectivity index (χ4v) is 2.54. The molecule has 0 saturated carbocycles. The molecule has 1 aromatic carbocycles. The first-order valence-electron chi connectivity index (χ1n) is 6.72. The van der Waals surface area contributed by atoms with Crippen LogP contribution in [0.4, 0.5) is 5.82 Å². The van der Waals surface area contributed by atoms with Gasteiger partial charge in [-0.3, -0.25) is 0 Å². The molecule has 1 N–H and O–H groups in total. The first-order valence-corrected chi connectivity index (χ1v) is 6.72. The van der Waals surface area contributed by atoms with E-state index in [4.69, 9.17) is 0 Å². The standard InChI is InChI=1S/C15H14N6/c1-16-14-13-15(20(2)9-17-13)21-12(18-14)8-11(19-21)10-6-4-3-5-7-10/h3-9H,1-2H3,(H,16,18). The molecule has 4 rings (SSSR count). The van der Waals surface area contributed by atoms with E-state index in [-0.39, 0.29) is 0 Å². The molecular formula is C15H14N6. The van der Waals surface area contributed by atoms with Crippen molar-refractivity contribution in [3.63, 3.8) is 0 Å². The summed E-state index contributed by atoms with van der Waals surface area (Å²) in [6, 6.07) is 12.1. The molecular weight excluding hydrogens is 264 g/mol. The van der Waals surface area contributed by atoms with E-state index in [1.807, 2.05) is 59.6 Å². The number of fused-ring (bicyclic) bond motifs is 3. The lowest BCUT2D eigenvalue weighted by molar-refractivity contribution is 0.877. The summed E-state index contributed by atoms with van der Waals surface area (Å²) in [5, 5.41) is 7.78. The summed E-state index contributed by atoms with van der Waals surface area (Å²) in [6.07, 6.45) is 1.77. The number of rotatable bonds is 2. The van der Waals surface area contributed by atoms with Crippen molar-refractivity contribution < 1.29 is 0 Å². The Morgan fingerprint density at radius 3 is 2.71 bits per heavy atom. The summed E-state index contributed by atoms with van der Waals surface area (Å²) >= 11 is 0. The zero-order chi connectivity index (χ0) is 14.4. The molecule has 0 bridgehead atoms. The molecule has 0 radical (unpaired) electrons. The summed E-state index contributed by atoms with van der Waals surface area (Å²) < 4.78 is 3.79. The van der Waals surface area contributed by atoms with Crippen LogP contribution in [-0.4, -0.2) is 31.2 Å². The van der Waals surface area contributed by atoms with Crippen LogP contribution in [0, 0.1) is 0 Å². The third kappa shape index (κ3) is 1.69. The Morgan fingerprint density at radius 1 is 1.14 bits per heavy atom. The van der Waals surface area contributed by atoms with Gasteiger partial charge in [0.1, 0.15) is 0 Å². The minimum Gasteiger partial charge on any atom is -0.371 e. The Labute approximate surface area is 121 Å². The summed E-state index contributed by atoms with van der Waals surface area (Å²) in [5.41, 5.74) is 4.51. The monoisotopic (exact) mass is 278 g/mol. The van der Waals surface area contributed by atoms with Crippen molar-refractivity contribution in [3.8, 4) is 11.3 Å². The molecule has 0 unspecified atom stereocenters. The maximum atomic E-state index is 4.69. The molecule has 0 amide bonds. The molecule has 0 spiro atoms. The van der Waals surface area contributed by atoms with Crippen LogP contribution in [0.5, 0.6) is 0 Å². The van der Waals surface area contributed by atoms with Crippen LogP contribution in [0.3, 0.4) is 0 Å². The van der Waals surface area contributed by atoms with Gasteiger partial charge < -0.3 is 9.88 Å². The molecule has 6 heteroatoms. The number of hydrogen-bond donors (Lipinski definition) is 1. The fourth-order valence-electron chi connectivity index (χ4n) is 2.54. The average molecular weight is 278 g/mol. The first-order chi connectivity index (χ1) is 10.3. The third-order valence-electron chi connectivity index (χ3n) is 3.55. The second-order valence-corrected chi connectivity index (χ2v) is 4.90. The second kappa shape index (κ2) is 4.31. The molecule has 0 fully saturated rings. The van der Waals surface area contributed by atoms with Crippen LogP contribution < -0.4 is 5.32 Å². The van der Waals surface area contributed by atoms with Gasteiger partial charge in [0.15, 0.2) is 22.6 Å². The molecule has 0 saturated heterocycles. The van der Waals surface area contributed by atoms with Gasteiger partial charge in [-0.25, -0.2) is 9.97 Å². The van der Waals surface area contributed by atoms with Crippen molar-refractivity contribution in [2.24, 2.45) is 7.05 Å². The van der Waals surface area contributed by atoms with E-state index in [2.05, 4.69) is 20.4 Å². The maximum absolute atomic E-state index is 4.69. The summed E-state index contributed by atoms with van der Waals surface area (Å²) in [6.45, 7) is 0. The quantitative estimate of drug-likeness (QED) is 0.611. The lowest BCUT2D eigenvalue weighted by Gasteiger charge is -2.03. The Morgan fingerprint density at radius 2 is 1.95 bits per heavy atom. The van der Waals surface area contributed by atoms with Gasteiger partial charge in [0.25, 0.3) is 0 Å². The zero-order valence-corrected chi connectivity index (χ0v) is 11.8. The molecule has 0 aliphatic heterocycles. The average Bonchev–Trinajstić information content (AvgIpc) is 3.11. The van der Waals surface area contributed by atoms with Crippen molar-refractivity contribution in [1.29, 1.82) is 0 Å². The number of nitrogens with one attached hydrogen (secondary N) is 1. The zero-order valence-electron chi connectivity index (χ0n) is 11.8. The SMILES string of the molecule is CNc1nc2cc(-c3ccccc3)nn2c2c1ncn2C. The first kappa shape index (κ1) is 11.9. The largest absolute Gasteiger partial charge is 0.371 e. The van der Waals surface area contributed by atoms with Gasteiger partial charge in [-0.15, -0.1) is 0 Å². The third-order valence-corrected chi connectivity index (χ3v) is 3.55. The topological polar surface area (TPSA) is 60.0 Å². The predicted molar refractivity (Wildman–Crippen MR) is 82.2 cm³/mol. The molecule has 0 atom stereocenters. The number of anilines is 1. The Bertz CT molecular complexity index is 935. The Kier molecular flexibility index (Phi) is 2.44. The smallest absolute Gasteiger partial charge is 0.167 e. The lowest BCUT2D eigenvalue weighted by Crippen LogP contribution is -2.01. The van der Waals surface area contributed by atoms with Gasteiger partial charge in [0.05, 0.1) is 12.0 Å². The molecule has 4 aromatic rings. The minimum atomic E-state index is 0.762. The number of nitrogens with zero attached hydrogens (tertiary/aromatic N) is 5. The van der Waals surface area contributed by atoms with Gasteiger partial charge in [0, 0.05) is 25.7 Å². The van der Waals surface area contributed by atoms with Crippen LogP contribution in [0.25, 0.3) is 28.1 Å². The van der Waals surface area contributed by atoms with Gasteiger partial charge >= 0.3 is 0 Å². The molecule has 3 aromatic heterocycles. The van der Waals surface area contributed by atoms with Crippen molar-refractivity contribution in [3.05, 3.63) is 42.7 Å². The number of aryl methyl sites for hydroxylation is 1. The number of hydrogen-bond acceptors (Lipinski definition) is 4. The van der Waals surface area contributed by atoms with E-state index < -0.39 is 0 Å². The van der Waals surface area contributed by atoms with E-state index in [0.29, 0.717) is 0 Å². The highest BCUT2D eigenvalue weighted by atomic mass is 15.3. The number of imidazole rings is 1. The van der Waals surface area contributed by atoms with Gasteiger partial charge in [-0.2, -0.15) is 9.61 Å². The van der Waals surface area contributed by atoms with Gasteiger partial charge in [0.2, 0.25) is 0 Å². The van der Waals surface area contributed by atoms with Crippen LogP contribution in [0.2, 0.25) is 0 Å². The van der Waals surface area contributed by atoms with Crippen molar-refractivity contribution in [1.82, 2.24) is 24.1 Å². The molecule has 3 heterocycles. The van der Waals surface area contributed by atoms with Crippen LogP contribution >= 0.6 is 0 Å². The lowest BCUT2D eigenvalue weighted by atomic mass is 10.2. The van der Waals surface area contributed by atoms with E-state index in [1.54, 1.807) is 6.33 Å². The molecule has 104 valence electrons. The number of benzene rings is 1. The maximum Gasteiger partial charge on any atom is 0.167 e. The van der Waals surface area contributed by atoms with E-state index >= 15 is 0 Å². The van der Waals surface area contributed by atoms with E-state index in [1.165, 1.54) is 0 Å². The summed E-state index contributed by atoms with van der Waals surface area (Å²) in [4.78, 5) is 8.99. The fraction of sp³-hybridized carbons (Fsp3) is 0.133. The van der Waals surface area contributed by atoms with Crippen molar-refractivity contribution in [2.45, 2.75) is 0 Å². The van der Waals surface area contributed by atoms with Crippen LogP contribution in [-0.2, 0) is 7.05 Å². The molecule has 6 nitrogen and oxygen atoms in total. The van der Waals surface area contributed by atoms with Crippen LogP contribution in [0.1, 0.15) is 0 Å². The second-order valence-electron chi connectivity index (χ2n) is 4.90. The Hall–Kier alpha value is -2.89. The molecule has 0 aliphatic carbocycles. The summed E-state index contributed by atoms with van der Waals surface area (Å²) in [5.74, 6) is 0.762. The summed E-state index contributed by atoms with van der Waals surface area (Å²) in [7, 11) is 3.81. The predicted octanol–water partition coefficient (Wildman–Crippen LogP) is 2.32. The van der Waals surface area contributed by atoms with Gasteiger partial charge in [-0.05, 0) is 0 Å². The van der Waals surface area contributed by atoms with Crippen LogP contribution in [0.15, 0.2) is 42.7 Å². The highest BCUT2D eigenvalue weighted by Gasteiger charge is 2.14. The normalized spacial score (nSPS) is 11.3. The van der Waals surface area contributed by atoms with Crippen molar-refractivity contribution >= 4 is 22.6 Å². The minimum absolute atomic E-state index is 0.762. The van der Waals surface area contributed by atoms with E-state index in [9.17, 15) is 0 Å². The molecule has 0 aliphatic rings. The van der Waals surface area contributed by atoms with Crippen molar-refractivity contribution in [2.75, 3.05) is 12.4 Å².